The molecule has 0 saturated heterocycles. The fourth-order valence-corrected chi connectivity index (χ4v) is 1.48. The molecule has 0 spiro atoms. The van der Waals surface area contributed by atoms with Gasteiger partial charge in [0.1, 0.15) is 17.9 Å². The second kappa shape index (κ2) is 5.51. The van der Waals surface area contributed by atoms with Crippen molar-refractivity contribution in [1.82, 2.24) is 9.88 Å². The first-order valence-corrected chi connectivity index (χ1v) is 5.37. The van der Waals surface area contributed by atoms with E-state index < -0.39 is 6.04 Å². The third-order valence-corrected chi connectivity index (χ3v) is 2.42. The predicted molar refractivity (Wildman–Crippen MR) is 65.7 cm³/mol. The molecular formula is C11H13ClN4O. The van der Waals surface area contributed by atoms with Gasteiger partial charge in [-0.15, -0.1) is 0 Å². The average molecular weight is 253 g/mol. The third-order valence-electron chi connectivity index (χ3n) is 2.13. The normalized spacial score (nSPS) is 11.5. The highest BCUT2D eigenvalue weighted by atomic mass is 35.5. The molecule has 0 radical (unpaired) electrons. The first-order chi connectivity index (χ1) is 7.95. The van der Waals surface area contributed by atoms with Crippen molar-refractivity contribution < 1.29 is 4.79 Å². The summed E-state index contributed by atoms with van der Waals surface area (Å²) in [6.07, 6.45) is 1.40. The highest BCUT2D eigenvalue weighted by molar-refractivity contribution is 6.33. The van der Waals surface area contributed by atoms with Crippen molar-refractivity contribution in [3.8, 4) is 6.07 Å². The number of nitriles is 1. The molecule has 0 aliphatic rings. The molecule has 1 atom stereocenters. The number of pyridine rings is 1. The maximum atomic E-state index is 11.6. The van der Waals surface area contributed by atoms with Crippen LogP contribution >= 0.6 is 11.6 Å². The van der Waals surface area contributed by atoms with Gasteiger partial charge < -0.3 is 10.2 Å². The van der Waals surface area contributed by atoms with Crippen LogP contribution < -0.4 is 5.32 Å². The van der Waals surface area contributed by atoms with Gasteiger partial charge in [-0.3, -0.25) is 4.79 Å². The van der Waals surface area contributed by atoms with Gasteiger partial charge in [0.25, 0.3) is 0 Å². The van der Waals surface area contributed by atoms with E-state index in [9.17, 15) is 4.79 Å². The first kappa shape index (κ1) is 13.3. The lowest BCUT2D eigenvalue weighted by molar-refractivity contribution is -0.129. The summed E-state index contributed by atoms with van der Waals surface area (Å²) in [7, 11) is 3.35. The van der Waals surface area contributed by atoms with E-state index in [0.717, 1.165) is 0 Å². The van der Waals surface area contributed by atoms with Gasteiger partial charge in [-0.05, 0) is 13.0 Å². The van der Waals surface area contributed by atoms with Crippen molar-refractivity contribution in [3.05, 3.63) is 22.8 Å². The highest BCUT2D eigenvalue weighted by Gasteiger charge is 2.16. The summed E-state index contributed by atoms with van der Waals surface area (Å²) in [5.41, 5.74) is 0.382. The third kappa shape index (κ3) is 3.33. The Kier molecular flexibility index (Phi) is 4.30. The van der Waals surface area contributed by atoms with Crippen molar-refractivity contribution >= 4 is 23.3 Å². The SMILES string of the molecule is C[C@H](Nc1ncc(C#N)cc1Cl)C(=O)N(C)C. The predicted octanol–water partition coefficient (Wildman–Crippen LogP) is 1.50. The zero-order valence-electron chi connectivity index (χ0n) is 9.86. The van der Waals surface area contributed by atoms with Gasteiger partial charge in [-0.2, -0.15) is 5.26 Å². The number of halogens is 1. The molecule has 1 N–H and O–H groups in total. The molecule has 0 fully saturated rings. The van der Waals surface area contributed by atoms with Gasteiger partial charge in [-0.1, -0.05) is 11.6 Å². The topological polar surface area (TPSA) is 69.0 Å². The smallest absolute Gasteiger partial charge is 0.244 e. The number of hydrogen-bond donors (Lipinski definition) is 1. The number of nitrogens with one attached hydrogen (secondary N) is 1. The molecule has 1 heterocycles. The number of carbonyl (C=O) groups excluding carboxylic acids is 1. The lowest BCUT2D eigenvalue weighted by atomic mass is 10.2. The largest absolute Gasteiger partial charge is 0.357 e. The van der Waals surface area contributed by atoms with E-state index in [-0.39, 0.29) is 5.91 Å². The van der Waals surface area contributed by atoms with Gasteiger partial charge in [0, 0.05) is 20.3 Å². The van der Waals surface area contributed by atoms with Crippen LogP contribution in [0.5, 0.6) is 0 Å². The van der Waals surface area contributed by atoms with E-state index in [0.29, 0.717) is 16.4 Å². The van der Waals surface area contributed by atoms with Crippen LogP contribution in [0.25, 0.3) is 0 Å². The molecule has 1 aromatic rings. The Hall–Kier alpha value is -1.80. The van der Waals surface area contributed by atoms with Crippen LogP contribution in [0.1, 0.15) is 12.5 Å². The summed E-state index contributed by atoms with van der Waals surface area (Å²) in [6.45, 7) is 1.72. The lowest BCUT2D eigenvalue weighted by Crippen LogP contribution is -2.36. The zero-order valence-corrected chi connectivity index (χ0v) is 10.6. The number of aromatic nitrogens is 1. The number of likely N-dealkylation sites (N-methyl/N-ethyl adjacent to an activating group) is 1. The van der Waals surface area contributed by atoms with Gasteiger partial charge in [-0.25, -0.2) is 4.98 Å². The molecule has 1 aromatic heterocycles. The molecule has 0 bridgehead atoms. The van der Waals surface area contributed by atoms with E-state index in [4.69, 9.17) is 16.9 Å². The number of rotatable bonds is 3. The second-order valence-corrected chi connectivity index (χ2v) is 4.17. The summed E-state index contributed by atoms with van der Waals surface area (Å²) < 4.78 is 0. The van der Waals surface area contributed by atoms with E-state index in [1.54, 1.807) is 21.0 Å². The lowest BCUT2D eigenvalue weighted by Gasteiger charge is -2.18. The average Bonchev–Trinajstić information content (AvgIpc) is 2.30. The molecule has 0 unspecified atom stereocenters. The van der Waals surface area contributed by atoms with Crippen LogP contribution in [0.3, 0.4) is 0 Å². The van der Waals surface area contributed by atoms with Gasteiger partial charge in [0.05, 0.1) is 10.6 Å². The van der Waals surface area contributed by atoms with Crippen molar-refractivity contribution in [2.24, 2.45) is 0 Å². The van der Waals surface area contributed by atoms with Crippen molar-refractivity contribution in [3.63, 3.8) is 0 Å². The molecular weight excluding hydrogens is 240 g/mol. The van der Waals surface area contributed by atoms with Gasteiger partial charge in [0.2, 0.25) is 5.91 Å². The van der Waals surface area contributed by atoms with Crippen molar-refractivity contribution in [2.45, 2.75) is 13.0 Å². The van der Waals surface area contributed by atoms with Crippen LogP contribution in [-0.4, -0.2) is 35.9 Å². The number of nitrogens with zero attached hydrogens (tertiary/aromatic N) is 3. The van der Waals surface area contributed by atoms with Gasteiger partial charge in [0.15, 0.2) is 0 Å². The number of hydrogen-bond acceptors (Lipinski definition) is 4. The molecule has 0 saturated carbocycles. The van der Waals surface area contributed by atoms with Crippen LogP contribution in [0.15, 0.2) is 12.3 Å². The molecule has 6 heteroatoms. The maximum absolute atomic E-state index is 11.6. The summed E-state index contributed by atoms with van der Waals surface area (Å²) in [6, 6.07) is 3.02. The summed E-state index contributed by atoms with van der Waals surface area (Å²) in [5, 5.41) is 11.9. The summed E-state index contributed by atoms with van der Waals surface area (Å²) in [4.78, 5) is 17.1. The van der Waals surface area contributed by atoms with Crippen LogP contribution in [0.4, 0.5) is 5.82 Å². The fourth-order valence-electron chi connectivity index (χ4n) is 1.26. The Morgan fingerprint density at radius 2 is 2.29 bits per heavy atom. The molecule has 1 amide bonds. The molecule has 0 aromatic carbocycles. The van der Waals surface area contributed by atoms with E-state index >= 15 is 0 Å². The Balaban J connectivity index is 2.83. The number of anilines is 1. The van der Waals surface area contributed by atoms with E-state index in [1.165, 1.54) is 17.2 Å². The van der Waals surface area contributed by atoms with Crippen LogP contribution in [-0.2, 0) is 4.79 Å². The molecule has 0 aliphatic carbocycles. The first-order valence-electron chi connectivity index (χ1n) is 4.99. The van der Waals surface area contributed by atoms with Crippen LogP contribution in [0, 0.1) is 11.3 Å². The Labute approximate surface area is 105 Å². The minimum absolute atomic E-state index is 0.0766. The molecule has 1 rings (SSSR count). The Morgan fingerprint density at radius 1 is 1.65 bits per heavy atom. The van der Waals surface area contributed by atoms with Crippen molar-refractivity contribution in [2.75, 3.05) is 19.4 Å². The highest BCUT2D eigenvalue weighted by Crippen LogP contribution is 2.20. The Bertz CT molecular complexity index is 467. The Morgan fingerprint density at radius 3 is 2.76 bits per heavy atom. The van der Waals surface area contributed by atoms with E-state index in [2.05, 4.69) is 10.3 Å². The number of carbonyl (C=O) groups is 1. The van der Waals surface area contributed by atoms with Crippen molar-refractivity contribution in [1.29, 1.82) is 5.26 Å². The molecule has 0 aliphatic heterocycles. The summed E-state index contributed by atoms with van der Waals surface area (Å²) in [5.74, 6) is 0.320. The van der Waals surface area contributed by atoms with E-state index in [1.807, 2.05) is 6.07 Å². The maximum Gasteiger partial charge on any atom is 0.244 e. The molecule has 17 heavy (non-hydrogen) atoms. The standard InChI is InChI=1S/C11H13ClN4O/c1-7(11(17)16(2)3)15-10-9(12)4-8(5-13)6-14-10/h4,6-7H,1-3H3,(H,14,15)/t7-/m0/s1. The minimum atomic E-state index is -0.428. The number of amides is 1. The van der Waals surface area contributed by atoms with Gasteiger partial charge >= 0.3 is 0 Å². The monoisotopic (exact) mass is 252 g/mol. The second-order valence-electron chi connectivity index (χ2n) is 3.76. The van der Waals surface area contributed by atoms with Crippen LogP contribution in [0.2, 0.25) is 5.02 Å². The fraction of sp³-hybridized carbons (Fsp3) is 0.364. The zero-order chi connectivity index (χ0) is 13.0. The minimum Gasteiger partial charge on any atom is -0.357 e. The molecule has 5 nitrogen and oxygen atoms in total. The quantitative estimate of drug-likeness (QED) is 0.885. The molecule has 90 valence electrons. The summed E-state index contributed by atoms with van der Waals surface area (Å²) >= 11 is 5.94.